The van der Waals surface area contributed by atoms with E-state index in [0.29, 0.717) is 37.9 Å². The van der Waals surface area contributed by atoms with Crippen molar-refractivity contribution >= 4 is 23.4 Å². The fourth-order valence-corrected chi connectivity index (χ4v) is 4.95. The highest BCUT2D eigenvalue weighted by Gasteiger charge is 2.32. The van der Waals surface area contributed by atoms with Crippen LogP contribution < -0.4 is 4.90 Å². The number of carbonyl (C=O) groups is 1. The molecule has 2 aromatic heterocycles. The zero-order chi connectivity index (χ0) is 23.7. The number of pyridine rings is 1. The lowest BCUT2D eigenvalue weighted by Gasteiger charge is -2.36. The number of hydrogen-bond donors (Lipinski definition) is 0. The molecule has 0 radical (unpaired) electrons. The summed E-state index contributed by atoms with van der Waals surface area (Å²) in [5.74, 6) is 1.02. The number of thioether (sulfide) groups is 1. The van der Waals surface area contributed by atoms with Crippen LogP contribution in [0.25, 0.3) is 11.4 Å². The summed E-state index contributed by atoms with van der Waals surface area (Å²) < 4.78 is 41.2. The SMILES string of the molecule is O=C(CSc1nnc(-c2ccncc2)n1C1CC1)N1CCN(c2cccc(C(F)(F)F)c2)CC1. The fourth-order valence-electron chi connectivity index (χ4n) is 4.05. The first-order chi connectivity index (χ1) is 16.4. The fraction of sp³-hybridized carbons (Fsp3) is 0.391. The predicted molar refractivity (Wildman–Crippen MR) is 122 cm³/mol. The molecule has 5 rings (SSSR count). The first-order valence-corrected chi connectivity index (χ1v) is 12.1. The average molecular weight is 489 g/mol. The van der Waals surface area contributed by atoms with E-state index in [-0.39, 0.29) is 11.7 Å². The lowest BCUT2D eigenvalue weighted by molar-refractivity contribution is -0.137. The van der Waals surface area contributed by atoms with Crippen molar-refractivity contribution in [1.29, 1.82) is 0 Å². The molecular weight excluding hydrogens is 465 g/mol. The summed E-state index contributed by atoms with van der Waals surface area (Å²) in [7, 11) is 0. The highest BCUT2D eigenvalue weighted by molar-refractivity contribution is 7.99. The number of nitrogens with zero attached hydrogens (tertiary/aromatic N) is 6. The Morgan fingerprint density at radius 1 is 1.03 bits per heavy atom. The molecule has 178 valence electrons. The van der Waals surface area contributed by atoms with E-state index in [0.717, 1.165) is 35.5 Å². The molecule has 3 aromatic rings. The number of anilines is 1. The maximum atomic E-state index is 13.0. The van der Waals surface area contributed by atoms with Gasteiger partial charge >= 0.3 is 6.18 Å². The van der Waals surface area contributed by atoms with Crippen LogP contribution in [0.15, 0.2) is 53.9 Å². The zero-order valence-electron chi connectivity index (χ0n) is 18.3. The molecule has 0 unspecified atom stereocenters. The molecule has 11 heteroatoms. The number of hydrogen-bond acceptors (Lipinski definition) is 6. The topological polar surface area (TPSA) is 67.2 Å². The number of aromatic nitrogens is 4. The van der Waals surface area contributed by atoms with Gasteiger partial charge in [0.15, 0.2) is 11.0 Å². The van der Waals surface area contributed by atoms with Crippen LogP contribution in [-0.4, -0.2) is 62.5 Å². The molecule has 0 spiro atoms. The third kappa shape index (κ3) is 4.89. The van der Waals surface area contributed by atoms with Crippen molar-refractivity contribution in [3.63, 3.8) is 0 Å². The molecule has 2 aliphatic rings. The zero-order valence-corrected chi connectivity index (χ0v) is 19.1. The van der Waals surface area contributed by atoms with E-state index in [1.54, 1.807) is 23.4 Å². The number of rotatable bonds is 6. The van der Waals surface area contributed by atoms with Gasteiger partial charge in [-0.2, -0.15) is 13.2 Å². The van der Waals surface area contributed by atoms with Crippen LogP contribution >= 0.6 is 11.8 Å². The number of amides is 1. The molecule has 1 amide bonds. The quantitative estimate of drug-likeness (QED) is 0.486. The molecule has 3 heterocycles. The number of benzene rings is 1. The summed E-state index contributed by atoms with van der Waals surface area (Å²) in [5, 5.41) is 9.42. The Kier molecular flexibility index (Phi) is 6.20. The second-order valence-corrected chi connectivity index (χ2v) is 9.29. The maximum absolute atomic E-state index is 13.0. The molecule has 0 N–H and O–H groups in total. The van der Waals surface area contributed by atoms with E-state index < -0.39 is 11.7 Å². The Labute approximate surface area is 199 Å². The molecule has 0 bridgehead atoms. The van der Waals surface area contributed by atoms with Gasteiger partial charge in [0, 0.05) is 55.9 Å². The van der Waals surface area contributed by atoms with Gasteiger partial charge in [-0.1, -0.05) is 17.8 Å². The van der Waals surface area contributed by atoms with E-state index in [1.165, 1.54) is 23.9 Å². The molecule has 2 fully saturated rings. The highest BCUT2D eigenvalue weighted by Crippen LogP contribution is 2.41. The molecule has 1 saturated heterocycles. The van der Waals surface area contributed by atoms with Crippen LogP contribution in [0.4, 0.5) is 18.9 Å². The van der Waals surface area contributed by atoms with Crippen LogP contribution in [0.2, 0.25) is 0 Å². The first-order valence-electron chi connectivity index (χ1n) is 11.1. The van der Waals surface area contributed by atoms with Crippen molar-refractivity contribution in [1.82, 2.24) is 24.6 Å². The van der Waals surface area contributed by atoms with Crippen molar-refractivity contribution in [2.45, 2.75) is 30.2 Å². The van der Waals surface area contributed by atoms with Crippen molar-refractivity contribution in [3.05, 3.63) is 54.4 Å². The van der Waals surface area contributed by atoms with Gasteiger partial charge in [-0.3, -0.25) is 14.3 Å². The van der Waals surface area contributed by atoms with Gasteiger partial charge in [0.2, 0.25) is 5.91 Å². The van der Waals surface area contributed by atoms with Crippen LogP contribution in [-0.2, 0) is 11.0 Å². The standard InChI is InChI=1S/C23H23F3N6OS/c24-23(25,26)17-2-1-3-19(14-17)30-10-12-31(13-11-30)20(33)15-34-22-29-28-21(32(22)18-4-5-18)16-6-8-27-9-7-16/h1-3,6-9,14,18H,4-5,10-13,15H2. The molecule has 0 atom stereocenters. The van der Waals surface area contributed by atoms with Gasteiger partial charge in [-0.15, -0.1) is 10.2 Å². The lowest BCUT2D eigenvalue weighted by Crippen LogP contribution is -2.49. The second kappa shape index (κ2) is 9.28. The predicted octanol–water partition coefficient (Wildman–Crippen LogP) is 4.13. The Hall–Kier alpha value is -3.08. The minimum atomic E-state index is -4.37. The number of carbonyl (C=O) groups excluding carboxylic acids is 1. The second-order valence-electron chi connectivity index (χ2n) is 8.35. The summed E-state index contributed by atoms with van der Waals surface area (Å²) in [6.45, 7) is 1.91. The maximum Gasteiger partial charge on any atom is 0.416 e. The van der Waals surface area contributed by atoms with Crippen molar-refractivity contribution < 1.29 is 18.0 Å². The molecule has 1 saturated carbocycles. The van der Waals surface area contributed by atoms with Crippen molar-refractivity contribution in [2.75, 3.05) is 36.8 Å². The van der Waals surface area contributed by atoms with E-state index in [4.69, 9.17) is 0 Å². The van der Waals surface area contributed by atoms with Gasteiger partial charge in [0.1, 0.15) is 0 Å². The van der Waals surface area contributed by atoms with Gasteiger partial charge in [-0.25, -0.2) is 0 Å². The van der Waals surface area contributed by atoms with Crippen molar-refractivity contribution in [2.24, 2.45) is 0 Å². The number of piperazine rings is 1. The summed E-state index contributed by atoms with van der Waals surface area (Å²) in [6.07, 6.45) is 1.20. The van der Waals surface area contributed by atoms with Crippen LogP contribution in [0.3, 0.4) is 0 Å². The summed E-state index contributed by atoms with van der Waals surface area (Å²) in [4.78, 5) is 20.5. The summed E-state index contributed by atoms with van der Waals surface area (Å²) in [5.41, 5.74) is 0.807. The minimum Gasteiger partial charge on any atom is -0.368 e. The average Bonchev–Trinajstić information content (AvgIpc) is 3.61. The normalized spacial score (nSPS) is 16.7. The van der Waals surface area contributed by atoms with E-state index in [1.807, 2.05) is 17.0 Å². The molecule has 34 heavy (non-hydrogen) atoms. The molecular formula is C23H23F3N6OS. The van der Waals surface area contributed by atoms with E-state index >= 15 is 0 Å². The van der Waals surface area contributed by atoms with Gasteiger partial charge in [-0.05, 0) is 43.2 Å². The minimum absolute atomic E-state index is 0.00972. The van der Waals surface area contributed by atoms with Crippen LogP contribution in [0, 0.1) is 0 Å². The van der Waals surface area contributed by atoms with E-state index in [2.05, 4.69) is 19.7 Å². The van der Waals surface area contributed by atoms with Gasteiger partial charge < -0.3 is 9.80 Å². The lowest BCUT2D eigenvalue weighted by atomic mass is 10.1. The first kappa shape index (κ1) is 22.7. The monoisotopic (exact) mass is 488 g/mol. The van der Waals surface area contributed by atoms with E-state index in [9.17, 15) is 18.0 Å². The molecule has 7 nitrogen and oxygen atoms in total. The Morgan fingerprint density at radius 2 is 1.76 bits per heavy atom. The van der Waals surface area contributed by atoms with Gasteiger partial charge in [0.25, 0.3) is 0 Å². The molecule has 1 aromatic carbocycles. The smallest absolute Gasteiger partial charge is 0.368 e. The molecule has 1 aliphatic carbocycles. The van der Waals surface area contributed by atoms with Crippen molar-refractivity contribution in [3.8, 4) is 11.4 Å². The third-order valence-corrected chi connectivity index (χ3v) is 6.94. The molecule has 1 aliphatic heterocycles. The van der Waals surface area contributed by atoms with Gasteiger partial charge in [0.05, 0.1) is 11.3 Å². The Balaban J connectivity index is 1.19. The Bertz CT molecular complexity index is 1160. The number of alkyl halides is 3. The summed E-state index contributed by atoms with van der Waals surface area (Å²) >= 11 is 1.38. The largest absolute Gasteiger partial charge is 0.416 e. The number of halogens is 3. The van der Waals surface area contributed by atoms with Crippen LogP contribution in [0.5, 0.6) is 0 Å². The Morgan fingerprint density at radius 3 is 2.44 bits per heavy atom. The summed E-state index contributed by atoms with van der Waals surface area (Å²) in [6, 6.07) is 9.47. The highest BCUT2D eigenvalue weighted by atomic mass is 32.2. The van der Waals surface area contributed by atoms with Crippen LogP contribution in [0.1, 0.15) is 24.4 Å². The third-order valence-electron chi connectivity index (χ3n) is 6.01.